The minimum absolute atomic E-state index is 0.0718. The average molecular weight is 341 g/mol. The van der Waals surface area contributed by atoms with Gasteiger partial charge in [0.05, 0.1) is 0 Å². The van der Waals surface area contributed by atoms with Crippen molar-refractivity contribution in [3.05, 3.63) is 18.2 Å². The van der Waals surface area contributed by atoms with Crippen molar-refractivity contribution in [1.29, 1.82) is 0 Å². The van der Waals surface area contributed by atoms with Crippen molar-refractivity contribution < 1.29 is 4.79 Å². The summed E-state index contributed by atoms with van der Waals surface area (Å²) < 4.78 is 0. The monoisotopic (exact) mass is 340 g/mol. The average Bonchev–Trinajstić information content (AvgIpc) is 2.50. The van der Waals surface area contributed by atoms with E-state index in [1.807, 2.05) is 17.2 Å². The molecule has 1 heterocycles. The van der Waals surface area contributed by atoms with Crippen LogP contribution in [-0.4, -0.2) is 45.9 Å². The summed E-state index contributed by atoms with van der Waals surface area (Å²) in [6, 6.07) is 1.75. The van der Waals surface area contributed by atoms with E-state index in [-0.39, 0.29) is 5.91 Å². The lowest BCUT2D eigenvalue weighted by Crippen LogP contribution is -2.30. The van der Waals surface area contributed by atoms with Gasteiger partial charge in [0, 0.05) is 24.9 Å². The van der Waals surface area contributed by atoms with Gasteiger partial charge in [0.15, 0.2) is 5.16 Å². The summed E-state index contributed by atoms with van der Waals surface area (Å²) >= 11 is 3.00. The van der Waals surface area contributed by atoms with Crippen LogP contribution in [0.2, 0.25) is 0 Å². The van der Waals surface area contributed by atoms with Crippen LogP contribution in [0.3, 0.4) is 0 Å². The zero-order valence-corrected chi connectivity index (χ0v) is 15.0. The highest BCUT2D eigenvalue weighted by Crippen LogP contribution is 2.20. The Hall–Kier alpha value is -1.21. The lowest BCUT2D eigenvalue weighted by atomic mass is 10.3. The predicted molar refractivity (Wildman–Crippen MR) is 95.3 cm³/mol. The number of carbonyl (C=O) groups is 1. The van der Waals surface area contributed by atoms with Crippen LogP contribution >= 0.6 is 23.5 Å². The molecule has 122 valence electrons. The lowest BCUT2D eigenvalue weighted by Gasteiger charge is -2.19. The molecule has 0 aliphatic rings. The van der Waals surface area contributed by atoms with E-state index in [2.05, 4.69) is 23.8 Å². The fourth-order valence-electron chi connectivity index (χ4n) is 1.84. The fraction of sp³-hybridized carbons (Fsp3) is 0.533. The topological polar surface area (TPSA) is 72.1 Å². The highest BCUT2D eigenvalue weighted by atomic mass is 32.2. The van der Waals surface area contributed by atoms with Gasteiger partial charge in [-0.3, -0.25) is 4.79 Å². The Morgan fingerprint density at radius 2 is 2.00 bits per heavy atom. The van der Waals surface area contributed by atoms with Crippen molar-refractivity contribution in [1.82, 2.24) is 14.9 Å². The quantitative estimate of drug-likeness (QED) is 0.322. The second-order valence-electron chi connectivity index (χ2n) is 4.66. The number of hydrogen-bond donors (Lipinski definition) is 1. The third kappa shape index (κ3) is 6.70. The fourth-order valence-corrected chi connectivity index (χ4v) is 2.99. The molecule has 2 N–H and O–H groups in total. The van der Waals surface area contributed by atoms with E-state index in [0.717, 1.165) is 31.0 Å². The second kappa shape index (κ2) is 10.5. The highest BCUT2D eigenvalue weighted by molar-refractivity contribution is 7.99. The van der Waals surface area contributed by atoms with Crippen LogP contribution in [0, 0.1) is 0 Å². The number of aromatic nitrogens is 2. The van der Waals surface area contributed by atoms with E-state index in [4.69, 9.17) is 5.73 Å². The molecule has 0 aromatic carbocycles. The maximum absolute atomic E-state index is 12.1. The molecule has 1 aromatic rings. The summed E-state index contributed by atoms with van der Waals surface area (Å²) in [5, 5.41) is 1.49. The summed E-state index contributed by atoms with van der Waals surface area (Å²) in [6.07, 6.45) is 7.40. The lowest BCUT2D eigenvalue weighted by molar-refractivity contribution is -0.126. The molecule has 1 aromatic heterocycles. The van der Waals surface area contributed by atoms with Crippen molar-refractivity contribution in [3.8, 4) is 0 Å². The highest BCUT2D eigenvalue weighted by Gasteiger charge is 2.07. The number of nitrogens with zero attached hydrogens (tertiary/aromatic N) is 3. The van der Waals surface area contributed by atoms with E-state index >= 15 is 0 Å². The first-order valence-corrected chi connectivity index (χ1v) is 9.58. The molecule has 22 heavy (non-hydrogen) atoms. The zero-order valence-electron chi connectivity index (χ0n) is 13.4. The Labute approximate surface area is 141 Å². The van der Waals surface area contributed by atoms with Crippen LogP contribution in [0.5, 0.6) is 0 Å². The minimum atomic E-state index is 0.0718. The van der Waals surface area contributed by atoms with Crippen molar-refractivity contribution in [2.24, 2.45) is 0 Å². The molecule has 1 amide bonds. The van der Waals surface area contributed by atoms with Gasteiger partial charge in [0.25, 0.3) is 0 Å². The Bertz CT molecular complexity index is 502. The molecule has 5 nitrogen and oxygen atoms in total. The smallest absolute Gasteiger partial charge is 0.246 e. The molecular weight excluding hydrogens is 316 g/mol. The van der Waals surface area contributed by atoms with Crippen molar-refractivity contribution >= 4 is 35.2 Å². The van der Waals surface area contributed by atoms with Crippen LogP contribution in [0.25, 0.3) is 0 Å². The van der Waals surface area contributed by atoms with Crippen molar-refractivity contribution in [2.45, 2.75) is 36.9 Å². The number of rotatable bonds is 9. The molecule has 7 heteroatoms. The predicted octanol–water partition coefficient (Wildman–Crippen LogP) is 3.08. The summed E-state index contributed by atoms with van der Waals surface area (Å²) in [7, 11) is 0. The third-order valence-electron chi connectivity index (χ3n) is 2.78. The molecule has 0 bridgehead atoms. The molecule has 0 atom stereocenters. The maximum atomic E-state index is 12.1. The van der Waals surface area contributed by atoms with E-state index in [1.54, 1.807) is 12.1 Å². The van der Waals surface area contributed by atoms with Gasteiger partial charge < -0.3 is 10.6 Å². The number of amides is 1. The van der Waals surface area contributed by atoms with Crippen LogP contribution in [0.4, 0.5) is 5.82 Å². The van der Waals surface area contributed by atoms with Gasteiger partial charge in [-0.2, -0.15) is 0 Å². The Balaban J connectivity index is 2.51. The Kier molecular flexibility index (Phi) is 9.00. The Morgan fingerprint density at radius 1 is 1.32 bits per heavy atom. The molecule has 0 unspecified atom stereocenters. The number of nitrogen functional groups attached to an aromatic ring is 1. The van der Waals surface area contributed by atoms with Crippen LogP contribution < -0.4 is 5.73 Å². The van der Waals surface area contributed by atoms with Gasteiger partial charge in [-0.15, -0.1) is 11.8 Å². The molecule has 0 radical (unpaired) electrons. The van der Waals surface area contributed by atoms with E-state index in [1.165, 1.54) is 23.5 Å². The number of hydrogen-bond acceptors (Lipinski definition) is 6. The van der Waals surface area contributed by atoms with E-state index in [0.29, 0.717) is 16.7 Å². The van der Waals surface area contributed by atoms with E-state index < -0.39 is 0 Å². The van der Waals surface area contributed by atoms with Crippen molar-refractivity contribution in [3.63, 3.8) is 0 Å². The zero-order chi connectivity index (χ0) is 16.4. The molecule has 1 rings (SSSR count). The maximum Gasteiger partial charge on any atom is 0.246 e. The largest absolute Gasteiger partial charge is 0.384 e. The van der Waals surface area contributed by atoms with E-state index in [9.17, 15) is 4.79 Å². The molecule has 0 spiro atoms. The molecule has 0 aliphatic carbocycles. The minimum Gasteiger partial charge on any atom is -0.384 e. The number of nitrogens with two attached hydrogens (primary N) is 1. The van der Waals surface area contributed by atoms with Gasteiger partial charge in [0.2, 0.25) is 5.91 Å². The molecule has 0 aliphatic heterocycles. The number of carbonyl (C=O) groups excluding carboxylic acids is 1. The molecule has 0 fully saturated rings. The summed E-state index contributed by atoms with van der Waals surface area (Å²) in [6.45, 7) is 5.77. The Morgan fingerprint density at radius 3 is 2.59 bits per heavy atom. The summed E-state index contributed by atoms with van der Waals surface area (Å²) in [5.74, 6) is 1.19. The van der Waals surface area contributed by atoms with Crippen LogP contribution in [-0.2, 0) is 4.79 Å². The summed E-state index contributed by atoms with van der Waals surface area (Å²) in [5.41, 5.74) is 5.74. The SMILES string of the molecule is CCCN(CCC)C(=O)C=CCSc1nc(N)cc(SC)n1. The van der Waals surface area contributed by atoms with Crippen LogP contribution in [0.1, 0.15) is 26.7 Å². The summed E-state index contributed by atoms with van der Waals surface area (Å²) in [4.78, 5) is 22.5. The molecule has 0 saturated heterocycles. The van der Waals surface area contributed by atoms with Crippen molar-refractivity contribution in [2.75, 3.05) is 30.8 Å². The third-order valence-corrected chi connectivity index (χ3v) is 4.21. The standard InChI is InChI=1S/C15H24N4OS2/c1-4-8-19(9-5-2)14(20)7-6-10-22-15-17-12(16)11-13(18-15)21-3/h6-7,11H,4-5,8-10H2,1-3H3,(H2,16,17,18). The first kappa shape index (κ1) is 18.8. The van der Waals surface area contributed by atoms with Crippen LogP contribution in [0.15, 0.2) is 28.4 Å². The van der Waals surface area contributed by atoms with Gasteiger partial charge in [-0.05, 0) is 25.2 Å². The first-order valence-electron chi connectivity index (χ1n) is 7.37. The number of thioether (sulfide) groups is 2. The first-order chi connectivity index (χ1) is 10.6. The van der Waals surface area contributed by atoms with Gasteiger partial charge >= 0.3 is 0 Å². The second-order valence-corrected chi connectivity index (χ2v) is 6.47. The van der Waals surface area contributed by atoms with Gasteiger partial charge in [-0.25, -0.2) is 9.97 Å². The molecular formula is C15H24N4OS2. The van der Waals surface area contributed by atoms with Gasteiger partial charge in [-0.1, -0.05) is 31.7 Å². The molecule has 0 saturated carbocycles. The normalized spacial score (nSPS) is 11.0. The van der Waals surface area contributed by atoms with Gasteiger partial charge in [0.1, 0.15) is 10.8 Å². The number of anilines is 1.